The van der Waals surface area contributed by atoms with Crippen LogP contribution in [0.4, 0.5) is 5.82 Å². The molecule has 0 bridgehead atoms. The van der Waals surface area contributed by atoms with Crippen molar-refractivity contribution in [3.8, 4) is 0 Å². The topological polar surface area (TPSA) is 88.0 Å². The van der Waals surface area contributed by atoms with E-state index in [-0.39, 0.29) is 11.4 Å². The van der Waals surface area contributed by atoms with E-state index >= 15 is 0 Å². The summed E-state index contributed by atoms with van der Waals surface area (Å²) in [4.78, 5) is 18.7. The fraction of sp³-hybridized carbons (Fsp3) is 0.615. The number of anilines is 1. The zero-order valence-electron chi connectivity index (χ0n) is 10.9. The third-order valence-corrected chi connectivity index (χ3v) is 3.67. The van der Waals surface area contributed by atoms with Crippen LogP contribution in [-0.4, -0.2) is 28.0 Å². The fourth-order valence-corrected chi connectivity index (χ4v) is 2.34. The van der Waals surface area contributed by atoms with Crippen molar-refractivity contribution in [3.05, 3.63) is 22.7 Å². The molecule has 6 heteroatoms. The Morgan fingerprint density at radius 3 is 2.79 bits per heavy atom. The normalized spacial score (nSPS) is 18.3. The molecule has 3 N–H and O–H groups in total. The highest BCUT2D eigenvalue weighted by Gasteiger charge is 2.33. The highest BCUT2D eigenvalue weighted by molar-refractivity contribution is 5.77. The Morgan fingerprint density at radius 2 is 2.21 bits per heavy atom. The molecule has 102 valence electrons. The van der Waals surface area contributed by atoms with Crippen molar-refractivity contribution in [2.45, 2.75) is 44.2 Å². The predicted molar refractivity (Wildman–Crippen MR) is 73.7 cm³/mol. The molecule has 0 unspecified atom stereocenters. The summed E-state index contributed by atoms with van der Waals surface area (Å²) in [7, 11) is 0. The van der Waals surface area contributed by atoms with Crippen molar-refractivity contribution < 1.29 is 0 Å². The molecule has 0 saturated heterocycles. The Hall–Kier alpha value is -1.85. The lowest BCUT2D eigenvalue weighted by Crippen LogP contribution is -2.36. The van der Waals surface area contributed by atoms with Crippen LogP contribution in [0.5, 0.6) is 0 Å². The van der Waals surface area contributed by atoms with Gasteiger partial charge in [-0.1, -0.05) is 0 Å². The number of hydrogen-bond donors (Lipinski definition) is 2. The van der Waals surface area contributed by atoms with Gasteiger partial charge < -0.3 is 15.2 Å². The van der Waals surface area contributed by atoms with Gasteiger partial charge in [-0.2, -0.15) is 0 Å². The summed E-state index contributed by atoms with van der Waals surface area (Å²) in [6, 6.07) is 0.762. The lowest BCUT2D eigenvalue weighted by Gasteiger charge is -2.23. The lowest BCUT2D eigenvalue weighted by atomic mass is 10.3. The van der Waals surface area contributed by atoms with Crippen LogP contribution < -0.4 is 16.2 Å². The minimum atomic E-state index is 0.000419. The van der Waals surface area contributed by atoms with Crippen molar-refractivity contribution in [2.24, 2.45) is 5.73 Å². The highest BCUT2D eigenvalue weighted by Crippen LogP contribution is 2.34. The van der Waals surface area contributed by atoms with Crippen molar-refractivity contribution in [2.75, 3.05) is 11.4 Å². The van der Waals surface area contributed by atoms with E-state index in [1.165, 1.54) is 0 Å². The molecular weight excluding hydrogens is 242 g/mol. The SMILES string of the molecule is N=C(N)CCN(c1nccn(C2CC2)c1=O)C1CC1. The molecule has 19 heavy (non-hydrogen) atoms. The van der Waals surface area contributed by atoms with E-state index < -0.39 is 0 Å². The number of nitrogens with two attached hydrogens (primary N) is 1. The Bertz CT molecular complexity index is 544. The molecule has 1 aromatic rings. The molecule has 0 amide bonds. The molecule has 2 aliphatic rings. The molecule has 0 radical (unpaired) electrons. The fourth-order valence-electron chi connectivity index (χ4n) is 2.34. The molecular formula is C13H19N5O. The van der Waals surface area contributed by atoms with Gasteiger partial charge in [0.1, 0.15) is 0 Å². The third kappa shape index (κ3) is 2.62. The third-order valence-electron chi connectivity index (χ3n) is 3.67. The van der Waals surface area contributed by atoms with Crippen LogP contribution in [0.2, 0.25) is 0 Å². The van der Waals surface area contributed by atoms with E-state index in [0.29, 0.717) is 30.9 Å². The molecule has 2 fully saturated rings. The number of hydrogen-bond acceptors (Lipinski definition) is 4. The van der Waals surface area contributed by atoms with Crippen LogP contribution in [0.15, 0.2) is 17.2 Å². The maximum absolute atomic E-state index is 12.4. The quantitative estimate of drug-likeness (QED) is 0.587. The first-order valence-electron chi connectivity index (χ1n) is 6.83. The van der Waals surface area contributed by atoms with E-state index in [4.69, 9.17) is 11.1 Å². The van der Waals surface area contributed by atoms with Crippen LogP contribution >= 0.6 is 0 Å². The lowest BCUT2D eigenvalue weighted by molar-refractivity contribution is 0.679. The van der Waals surface area contributed by atoms with Gasteiger partial charge in [0.25, 0.3) is 5.56 Å². The molecule has 3 rings (SSSR count). The van der Waals surface area contributed by atoms with Crippen molar-refractivity contribution in [3.63, 3.8) is 0 Å². The molecule has 0 atom stereocenters. The molecule has 2 aliphatic carbocycles. The Labute approximate surface area is 111 Å². The molecule has 0 aromatic carbocycles. The summed E-state index contributed by atoms with van der Waals surface area (Å²) in [5.41, 5.74) is 5.42. The van der Waals surface area contributed by atoms with E-state index in [9.17, 15) is 4.79 Å². The van der Waals surface area contributed by atoms with Gasteiger partial charge >= 0.3 is 0 Å². The highest BCUT2D eigenvalue weighted by atomic mass is 16.1. The van der Waals surface area contributed by atoms with E-state index in [0.717, 1.165) is 25.7 Å². The number of amidine groups is 1. The monoisotopic (exact) mass is 261 g/mol. The van der Waals surface area contributed by atoms with Crippen LogP contribution in [-0.2, 0) is 0 Å². The van der Waals surface area contributed by atoms with E-state index in [2.05, 4.69) is 4.98 Å². The zero-order valence-corrected chi connectivity index (χ0v) is 10.9. The summed E-state index contributed by atoms with van der Waals surface area (Å²) in [5.74, 6) is 0.683. The maximum Gasteiger partial charge on any atom is 0.293 e. The largest absolute Gasteiger partial charge is 0.388 e. The first-order valence-corrected chi connectivity index (χ1v) is 6.83. The van der Waals surface area contributed by atoms with Gasteiger partial charge in [-0.05, 0) is 25.7 Å². The average Bonchev–Trinajstić information content (AvgIpc) is 3.24. The molecule has 0 aliphatic heterocycles. The van der Waals surface area contributed by atoms with Gasteiger partial charge in [0.2, 0.25) is 0 Å². The summed E-state index contributed by atoms with van der Waals surface area (Å²) >= 11 is 0. The minimum absolute atomic E-state index is 0.000419. The van der Waals surface area contributed by atoms with Gasteiger partial charge in [0, 0.05) is 37.4 Å². The first kappa shape index (κ1) is 12.2. The standard InChI is InChI=1S/C13H19N5O/c14-11(15)5-7-17(9-1-2-9)12-13(19)18(8-6-16-12)10-3-4-10/h6,8-10H,1-5,7H2,(H3,14,15). The second-order valence-corrected chi connectivity index (χ2v) is 5.39. The second kappa shape index (κ2) is 4.68. The van der Waals surface area contributed by atoms with Crippen LogP contribution in [0.25, 0.3) is 0 Å². The molecule has 2 saturated carbocycles. The number of rotatable bonds is 6. The van der Waals surface area contributed by atoms with Gasteiger partial charge in [0.15, 0.2) is 5.82 Å². The zero-order chi connectivity index (χ0) is 13.4. The molecule has 1 aromatic heterocycles. The van der Waals surface area contributed by atoms with Crippen molar-refractivity contribution in [1.82, 2.24) is 9.55 Å². The van der Waals surface area contributed by atoms with Gasteiger partial charge in [-0.25, -0.2) is 4.98 Å². The van der Waals surface area contributed by atoms with Crippen LogP contribution in [0.1, 0.15) is 38.1 Å². The van der Waals surface area contributed by atoms with Crippen molar-refractivity contribution in [1.29, 1.82) is 5.41 Å². The molecule has 0 spiro atoms. The first-order chi connectivity index (χ1) is 9.16. The number of nitrogens with one attached hydrogen (secondary N) is 1. The minimum Gasteiger partial charge on any atom is -0.388 e. The average molecular weight is 261 g/mol. The van der Waals surface area contributed by atoms with Crippen molar-refractivity contribution >= 4 is 11.7 Å². The van der Waals surface area contributed by atoms with Crippen LogP contribution in [0, 0.1) is 5.41 Å². The maximum atomic E-state index is 12.4. The summed E-state index contributed by atoms with van der Waals surface area (Å²) in [6.45, 7) is 0.608. The van der Waals surface area contributed by atoms with Crippen LogP contribution in [0.3, 0.4) is 0 Å². The smallest absolute Gasteiger partial charge is 0.293 e. The van der Waals surface area contributed by atoms with E-state index in [1.807, 2.05) is 4.90 Å². The Balaban J connectivity index is 1.87. The summed E-state index contributed by atoms with van der Waals surface area (Å²) in [6.07, 6.45) is 8.32. The van der Waals surface area contributed by atoms with Gasteiger partial charge in [-0.3, -0.25) is 10.2 Å². The Kier molecular flexibility index (Phi) is 3.00. The second-order valence-electron chi connectivity index (χ2n) is 5.39. The predicted octanol–water partition coefficient (Wildman–Crippen LogP) is 0.873. The number of nitrogens with zero attached hydrogens (tertiary/aromatic N) is 3. The summed E-state index contributed by atoms with van der Waals surface area (Å²) < 4.78 is 1.80. The van der Waals surface area contributed by atoms with Gasteiger partial charge in [-0.15, -0.1) is 0 Å². The van der Waals surface area contributed by atoms with E-state index in [1.54, 1.807) is 17.0 Å². The van der Waals surface area contributed by atoms with Gasteiger partial charge in [0.05, 0.1) is 5.84 Å². The molecule has 1 heterocycles. The Morgan fingerprint density at radius 1 is 1.47 bits per heavy atom. The molecule has 6 nitrogen and oxygen atoms in total. The summed E-state index contributed by atoms with van der Waals surface area (Å²) in [5, 5.41) is 7.33. The number of aromatic nitrogens is 2.